The summed E-state index contributed by atoms with van der Waals surface area (Å²) in [5.41, 5.74) is 6.85. The van der Waals surface area contributed by atoms with Crippen LogP contribution >= 0.6 is 0 Å². The van der Waals surface area contributed by atoms with Gasteiger partial charge in [0, 0.05) is 44.8 Å². The van der Waals surface area contributed by atoms with Crippen LogP contribution in [0.25, 0.3) is 0 Å². The molecule has 4 heteroatoms. The van der Waals surface area contributed by atoms with E-state index in [1.165, 1.54) is 28.0 Å². The third-order valence-corrected chi connectivity index (χ3v) is 8.22. The number of hydrogen-bond acceptors (Lipinski definition) is 4. The first-order chi connectivity index (χ1) is 18.6. The van der Waals surface area contributed by atoms with Gasteiger partial charge in [0.05, 0.1) is 6.61 Å². The van der Waals surface area contributed by atoms with Gasteiger partial charge in [-0.15, -0.1) is 0 Å². The van der Waals surface area contributed by atoms with Crippen molar-refractivity contribution in [1.82, 2.24) is 0 Å². The summed E-state index contributed by atoms with van der Waals surface area (Å²) in [5, 5.41) is 0. The summed E-state index contributed by atoms with van der Waals surface area (Å²) in [4.78, 5) is 2.45. The molecule has 0 spiro atoms. The SMILES string of the molecule is C=C/C=C\C(=C/C)C1CCc2cc(OCCCC)ccc2C1c1ccc(N2CCC(C(OC)OC)C2)cc1. The minimum atomic E-state index is -0.141. The van der Waals surface area contributed by atoms with Gasteiger partial charge in [-0.25, -0.2) is 0 Å². The Bertz CT molecular complexity index is 1100. The number of unbranched alkanes of at least 4 members (excludes halogenated alkanes) is 1. The van der Waals surface area contributed by atoms with E-state index in [0.29, 0.717) is 17.8 Å². The van der Waals surface area contributed by atoms with Gasteiger partial charge in [-0.05, 0) is 85.1 Å². The summed E-state index contributed by atoms with van der Waals surface area (Å²) in [6, 6.07) is 16.0. The highest BCUT2D eigenvalue weighted by Crippen LogP contribution is 2.46. The molecule has 204 valence electrons. The molecular formula is C34H45NO3. The first-order valence-corrected chi connectivity index (χ1v) is 14.2. The van der Waals surface area contributed by atoms with Crippen molar-refractivity contribution in [2.75, 3.05) is 38.8 Å². The maximum absolute atomic E-state index is 6.06. The molecular weight excluding hydrogens is 470 g/mol. The van der Waals surface area contributed by atoms with Crippen molar-refractivity contribution in [2.45, 2.75) is 58.2 Å². The quantitative estimate of drug-likeness (QED) is 0.165. The molecule has 4 rings (SSSR count). The molecule has 1 fully saturated rings. The Morgan fingerprint density at radius 3 is 2.58 bits per heavy atom. The number of aryl methyl sites for hydroxylation is 1. The fourth-order valence-electron chi connectivity index (χ4n) is 6.22. The standard InChI is InChI=1S/C34H45NO3/c1-6-9-11-25(8-3)31-18-14-27-23-30(38-22-10-7-2)17-19-32(27)33(31)26-12-15-29(16-13-26)35-21-20-28(24-35)34(36-4)37-5/h6,8-9,11-13,15-17,19,23,28,31,33-34H,1,7,10,14,18,20-22,24H2,2-5H3/b11-9-,25-8+. The molecule has 4 nitrogen and oxygen atoms in total. The number of nitrogens with zero attached hydrogens (tertiary/aromatic N) is 1. The Kier molecular flexibility index (Phi) is 10.3. The zero-order chi connectivity index (χ0) is 26.9. The fourth-order valence-corrected chi connectivity index (χ4v) is 6.22. The summed E-state index contributed by atoms with van der Waals surface area (Å²) in [6.45, 7) is 11.0. The zero-order valence-corrected chi connectivity index (χ0v) is 23.7. The van der Waals surface area contributed by atoms with Crippen molar-refractivity contribution in [1.29, 1.82) is 0 Å². The van der Waals surface area contributed by atoms with Crippen molar-refractivity contribution >= 4 is 5.69 Å². The van der Waals surface area contributed by atoms with Crippen LogP contribution in [-0.2, 0) is 15.9 Å². The Labute approximate surface area is 230 Å². The van der Waals surface area contributed by atoms with Crippen LogP contribution in [-0.4, -0.2) is 40.2 Å². The topological polar surface area (TPSA) is 30.9 Å². The second kappa shape index (κ2) is 13.8. The van der Waals surface area contributed by atoms with Gasteiger partial charge >= 0.3 is 0 Å². The summed E-state index contributed by atoms with van der Waals surface area (Å²) >= 11 is 0. The normalized spacial score (nSPS) is 21.8. The highest BCUT2D eigenvalue weighted by atomic mass is 16.7. The predicted octanol–water partition coefficient (Wildman–Crippen LogP) is 7.69. The number of ether oxygens (including phenoxy) is 3. The predicted molar refractivity (Wildman–Crippen MR) is 158 cm³/mol. The summed E-state index contributed by atoms with van der Waals surface area (Å²) in [5.74, 6) is 2.11. The monoisotopic (exact) mass is 515 g/mol. The van der Waals surface area contributed by atoms with Gasteiger partial charge in [-0.1, -0.05) is 62.4 Å². The van der Waals surface area contributed by atoms with Crippen molar-refractivity contribution in [3.05, 3.63) is 95.6 Å². The van der Waals surface area contributed by atoms with Crippen LogP contribution < -0.4 is 9.64 Å². The Balaban J connectivity index is 1.62. The number of benzene rings is 2. The van der Waals surface area contributed by atoms with E-state index in [-0.39, 0.29) is 6.29 Å². The molecule has 1 aliphatic carbocycles. The maximum Gasteiger partial charge on any atom is 0.161 e. The number of fused-ring (bicyclic) bond motifs is 1. The number of hydrogen-bond donors (Lipinski definition) is 0. The van der Waals surface area contributed by atoms with Gasteiger partial charge in [0.1, 0.15) is 5.75 Å². The van der Waals surface area contributed by atoms with Gasteiger partial charge in [0.25, 0.3) is 0 Å². The third-order valence-electron chi connectivity index (χ3n) is 8.22. The van der Waals surface area contributed by atoms with E-state index < -0.39 is 0 Å². The van der Waals surface area contributed by atoms with Gasteiger partial charge in [0.2, 0.25) is 0 Å². The van der Waals surface area contributed by atoms with E-state index >= 15 is 0 Å². The molecule has 0 bridgehead atoms. The Morgan fingerprint density at radius 2 is 1.89 bits per heavy atom. The van der Waals surface area contributed by atoms with Gasteiger partial charge in [0.15, 0.2) is 6.29 Å². The van der Waals surface area contributed by atoms with Gasteiger partial charge in [-0.3, -0.25) is 0 Å². The smallest absolute Gasteiger partial charge is 0.161 e. The lowest BCUT2D eigenvalue weighted by Gasteiger charge is -2.35. The molecule has 1 aliphatic heterocycles. The van der Waals surface area contributed by atoms with Crippen LogP contribution in [0.4, 0.5) is 5.69 Å². The van der Waals surface area contributed by atoms with Crippen LogP contribution in [0.5, 0.6) is 5.75 Å². The molecule has 38 heavy (non-hydrogen) atoms. The third kappa shape index (κ3) is 6.42. The van der Waals surface area contributed by atoms with E-state index in [2.05, 4.69) is 86.0 Å². The second-order valence-electron chi connectivity index (χ2n) is 10.5. The molecule has 0 radical (unpaired) electrons. The molecule has 0 saturated carbocycles. The van der Waals surface area contributed by atoms with Crippen LogP contribution in [0, 0.1) is 11.8 Å². The van der Waals surface area contributed by atoms with E-state index in [0.717, 1.165) is 57.6 Å². The molecule has 2 aliphatic rings. The van der Waals surface area contributed by atoms with Crippen molar-refractivity contribution in [3.63, 3.8) is 0 Å². The molecule has 1 saturated heterocycles. The number of rotatable bonds is 12. The summed E-state index contributed by atoms with van der Waals surface area (Å²) < 4.78 is 17.1. The number of allylic oxidation sites excluding steroid dienone is 5. The molecule has 0 amide bonds. The van der Waals surface area contributed by atoms with E-state index in [1.807, 2.05) is 6.08 Å². The Morgan fingerprint density at radius 1 is 1.11 bits per heavy atom. The maximum atomic E-state index is 6.06. The molecule has 3 atom stereocenters. The fraction of sp³-hybridized carbons (Fsp3) is 0.471. The summed E-state index contributed by atoms with van der Waals surface area (Å²) in [7, 11) is 3.46. The summed E-state index contributed by atoms with van der Waals surface area (Å²) in [6.07, 6.45) is 13.8. The average molecular weight is 516 g/mol. The molecule has 0 aromatic heterocycles. The van der Waals surface area contributed by atoms with Gasteiger partial charge < -0.3 is 19.1 Å². The number of methoxy groups -OCH3 is 2. The van der Waals surface area contributed by atoms with Crippen molar-refractivity contribution in [3.8, 4) is 5.75 Å². The highest BCUT2D eigenvalue weighted by Gasteiger charge is 2.33. The minimum Gasteiger partial charge on any atom is -0.494 e. The largest absolute Gasteiger partial charge is 0.494 e. The van der Waals surface area contributed by atoms with Crippen LogP contribution in [0.1, 0.15) is 62.1 Å². The van der Waals surface area contributed by atoms with E-state index in [9.17, 15) is 0 Å². The highest BCUT2D eigenvalue weighted by molar-refractivity contribution is 5.53. The number of anilines is 1. The molecule has 1 heterocycles. The minimum absolute atomic E-state index is 0.141. The van der Waals surface area contributed by atoms with Crippen molar-refractivity contribution in [2.24, 2.45) is 11.8 Å². The van der Waals surface area contributed by atoms with E-state index in [4.69, 9.17) is 14.2 Å². The lowest BCUT2D eigenvalue weighted by atomic mass is 9.69. The first kappa shape index (κ1) is 28.2. The lowest BCUT2D eigenvalue weighted by molar-refractivity contribution is -0.132. The van der Waals surface area contributed by atoms with Crippen LogP contribution in [0.2, 0.25) is 0 Å². The van der Waals surface area contributed by atoms with Gasteiger partial charge in [-0.2, -0.15) is 0 Å². The van der Waals surface area contributed by atoms with E-state index in [1.54, 1.807) is 14.2 Å². The Hall–Kier alpha value is -2.82. The molecule has 2 aromatic carbocycles. The molecule has 2 aromatic rings. The lowest BCUT2D eigenvalue weighted by Crippen LogP contribution is -2.28. The zero-order valence-electron chi connectivity index (χ0n) is 23.7. The molecule has 0 N–H and O–H groups in total. The van der Waals surface area contributed by atoms with Crippen LogP contribution in [0.15, 0.2) is 78.9 Å². The average Bonchev–Trinajstić information content (AvgIpc) is 3.44. The van der Waals surface area contributed by atoms with Crippen molar-refractivity contribution < 1.29 is 14.2 Å². The second-order valence-corrected chi connectivity index (χ2v) is 10.5. The molecule has 3 unspecified atom stereocenters. The van der Waals surface area contributed by atoms with Crippen LogP contribution in [0.3, 0.4) is 0 Å². The first-order valence-electron chi connectivity index (χ1n) is 14.2.